The van der Waals surface area contributed by atoms with Crippen molar-refractivity contribution in [3.63, 3.8) is 0 Å². The number of rotatable bonds is 2. The van der Waals surface area contributed by atoms with Crippen LogP contribution in [0.15, 0.2) is 30.5 Å². The molecule has 2 nitrogen and oxygen atoms in total. The van der Waals surface area contributed by atoms with Crippen molar-refractivity contribution in [3.8, 4) is 0 Å². The van der Waals surface area contributed by atoms with Gasteiger partial charge in [-0.1, -0.05) is 31.4 Å². The smallest absolute Gasteiger partial charge is 0.0460 e. The highest BCUT2D eigenvalue weighted by Crippen LogP contribution is 2.38. The van der Waals surface area contributed by atoms with Crippen molar-refractivity contribution in [1.82, 2.24) is 9.88 Å². The Morgan fingerprint density at radius 2 is 1.92 bits per heavy atom. The second kappa shape index (κ2) is 6.07. The molecule has 1 aliphatic carbocycles. The fourth-order valence-electron chi connectivity index (χ4n) is 5.24. The lowest BCUT2D eigenvalue weighted by molar-refractivity contribution is 0.275. The molecular formula is C22H28N2. The molecule has 5 rings (SSSR count). The first-order chi connectivity index (χ1) is 11.9. The summed E-state index contributed by atoms with van der Waals surface area (Å²) >= 11 is 0. The topological polar surface area (TPSA) is 19.0 Å². The Labute approximate surface area is 144 Å². The Morgan fingerprint density at radius 1 is 1.00 bits per heavy atom. The number of nitrogens with zero attached hydrogens (tertiary/aromatic N) is 1. The minimum Gasteiger partial charge on any atom is -0.361 e. The Bertz CT molecular complexity index is 763. The number of nitrogens with one attached hydrogen (secondary N) is 1. The number of benzene rings is 1. The normalized spacial score (nSPS) is 25.8. The molecule has 3 heterocycles. The van der Waals surface area contributed by atoms with Crippen molar-refractivity contribution in [3.05, 3.63) is 41.6 Å². The van der Waals surface area contributed by atoms with E-state index in [4.69, 9.17) is 0 Å². The van der Waals surface area contributed by atoms with Crippen LogP contribution in [0.25, 0.3) is 16.5 Å². The highest BCUT2D eigenvalue weighted by molar-refractivity contribution is 5.93. The van der Waals surface area contributed by atoms with E-state index < -0.39 is 0 Å². The molecule has 2 heteroatoms. The fraction of sp³-hybridized carbons (Fsp3) is 0.545. The molecule has 126 valence electrons. The first kappa shape index (κ1) is 14.8. The summed E-state index contributed by atoms with van der Waals surface area (Å²) in [4.78, 5) is 6.18. The quantitative estimate of drug-likeness (QED) is 0.777. The van der Waals surface area contributed by atoms with Gasteiger partial charge in [0.15, 0.2) is 0 Å². The van der Waals surface area contributed by atoms with Gasteiger partial charge >= 0.3 is 0 Å². The molecule has 24 heavy (non-hydrogen) atoms. The summed E-state index contributed by atoms with van der Waals surface area (Å²) in [5.41, 5.74) is 5.92. The van der Waals surface area contributed by atoms with Crippen LogP contribution in [-0.4, -0.2) is 29.0 Å². The van der Waals surface area contributed by atoms with Gasteiger partial charge in [0.25, 0.3) is 0 Å². The lowest BCUT2D eigenvalue weighted by Gasteiger charge is -2.29. The number of H-pyrrole nitrogens is 1. The summed E-state index contributed by atoms with van der Waals surface area (Å²) in [5, 5.41) is 1.45. The van der Waals surface area contributed by atoms with Crippen molar-refractivity contribution in [2.24, 2.45) is 0 Å². The van der Waals surface area contributed by atoms with Gasteiger partial charge in [0.2, 0.25) is 0 Å². The third-order valence-corrected chi connectivity index (χ3v) is 6.66. The summed E-state index contributed by atoms with van der Waals surface area (Å²) in [6.07, 6.45) is 15.7. The van der Waals surface area contributed by atoms with Gasteiger partial charge in [-0.25, -0.2) is 0 Å². The van der Waals surface area contributed by atoms with Crippen LogP contribution in [0.4, 0.5) is 0 Å². The van der Waals surface area contributed by atoms with Crippen LogP contribution in [0.3, 0.4) is 0 Å². The van der Waals surface area contributed by atoms with E-state index in [1.165, 1.54) is 74.4 Å². The van der Waals surface area contributed by atoms with Gasteiger partial charge in [0.1, 0.15) is 0 Å². The Balaban J connectivity index is 1.49. The molecule has 1 aromatic heterocycles. The van der Waals surface area contributed by atoms with Crippen LogP contribution in [0.2, 0.25) is 0 Å². The molecular weight excluding hydrogens is 292 g/mol. The molecule has 1 atom stereocenters. The average molecular weight is 320 g/mol. The number of hydrogen-bond donors (Lipinski definition) is 1. The Kier molecular flexibility index (Phi) is 3.74. The second-order valence-electron chi connectivity index (χ2n) is 8.07. The maximum atomic E-state index is 3.52. The molecule has 1 saturated heterocycles. The summed E-state index contributed by atoms with van der Waals surface area (Å²) in [5.74, 6) is 0.788. The van der Waals surface area contributed by atoms with Gasteiger partial charge in [-0.3, -0.25) is 4.90 Å². The molecule has 1 N–H and O–H groups in total. The number of aromatic nitrogens is 1. The minimum absolute atomic E-state index is 0.788. The van der Waals surface area contributed by atoms with E-state index in [-0.39, 0.29) is 0 Å². The van der Waals surface area contributed by atoms with Crippen LogP contribution < -0.4 is 0 Å². The van der Waals surface area contributed by atoms with Gasteiger partial charge in [0, 0.05) is 35.2 Å². The zero-order chi connectivity index (χ0) is 15.9. The van der Waals surface area contributed by atoms with Crippen molar-refractivity contribution in [2.75, 3.05) is 13.1 Å². The van der Waals surface area contributed by atoms with Crippen LogP contribution in [-0.2, 0) is 0 Å². The van der Waals surface area contributed by atoms with Gasteiger partial charge in [-0.15, -0.1) is 0 Å². The second-order valence-corrected chi connectivity index (χ2v) is 8.07. The molecule has 2 fully saturated rings. The van der Waals surface area contributed by atoms with E-state index >= 15 is 0 Å². The first-order valence-electron chi connectivity index (χ1n) is 9.93. The third-order valence-electron chi connectivity index (χ3n) is 6.66. The number of aromatic amines is 1. The fourth-order valence-corrected chi connectivity index (χ4v) is 5.24. The molecule has 0 spiro atoms. The third kappa shape index (κ3) is 2.52. The molecule has 2 aromatic rings. The lowest BCUT2D eigenvalue weighted by atomic mass is 9.83. The van der Waals surface area contributed by atoms with E-state index in [1.54, 1.807) is 11.1 Å². The molecule has 1 aromatic carbocycles. The van der Waals surface area contributed by atoms with E-state index in [2.05, 4.69) is 40.4 Å². The van der Waals surface area contributed by atoms with Gasteiger partial charge in [-0.2, -0.15) is 0 Å². The highest BCUT2D eigenvalue weighted by atomic mass is 15.2. The summed E-state index contributed by atoms with van der Waals surface area (Å²) in [7, 11) is 0. The van der Waals surface area contributed by atoms with E-state index in [0.29, 0.717) is 0 Å². The molecule has 0 amide bonds. The summed E-state index contributed by atoms with van der Waals surface area (Å²) < 4.78 is 0. The SMILES string of the molecule is C1=C(c2c[nH]c3ccc(C4CCCCC4)cc23)CC2CCCN2C1. The maximum absolute atomic E-state index is 3.52. The van der Waals surface area contributed by atoms with Crippen molar-refractivity contribution < 1.29 is 0 Å². The Hall–Kier alpha value is -1.54. The van der Waals surface area contributed by atoms with Crippen LogP contribution in [0, 0.1) is 0 Å². The van der Waals surface area contributed by atoms with Crippen LogP contribution in [0.5, 0.6) is 0 Å². The van der Waals surface area contributed by atoms with E-state index in [0.717, 1.165) is 18.5 Å². The van der Waals surface area contributed by atoms with E-state index in [1.807, 2.05) is 0 Å². The van der Waals surface area contributed by atoms with Crippen LogP contribution in [0.1, 0.15) is 68.4 Å². The molecule has 0 radical (unpaired) electrons. The summed E-state index contributed by atoms with van der Waals surface area (Å²) in [6.45, 7) is 2.45. The van der Waals surface area contributed by atoms with Gasteiger partial charge in [-0.05, 0) is 67.8 Å². The average Bonchev–Trinajstić information content (AvgIpc) is 3.27. The molecule has 3 aliphatic rings. The van der Waals surface area contributed by atoms with Gasteiger partial charge < -0.3 is 4.98 Å². The Morgan fingerprint density at radius 3 is 2.83 bits per heavy atom. The highest BCUT2D eigenvalue weighted by Gasteiger charge is 2.28. The van der Waals surface area contributed by atoms with Crippen molar-refractivity contribution in [1.29, 1.82) is 0 Å². The molecule has 0 bridgehead atoms. The lowest BCUT2D eigenvalue weighted by Crippen LogP contribution is -2.32. The maximum Gasteiger partial charge on any atom is 0.0460 e. The standard InChI is InChI=1S/C22H28N2/c1-2-5-16(6-3-1)17-8-9-22-20(14-17)21(15-23-22)18-10-12-24-11-4-7-19(24)13-18/h8-10,14-16,19,23H,1-7,11-13H2. The largest absolute Gasteiger partial charge is 0.361 e. The monoisotopic (exact) mass is 320 g/mol. The molecule has 1 unspecified atom stereocenters. The number of hydrogen-bond acceptors (Lipinski definition) is 1. The zero-order valence-electron chi connectivity index (χ0n) is 14.6. The first-order valence-corrected chi connectivity index (χ1v) is 9.93. The minimum atomic E-state index is 0.788. The van der Waals surface area contributed by atoms with Gasteiger partial charge in [0.05, 0.1) is 0 Å². The van der Waals surface area contributed by atoms with Crippen LogP contribution >= 0.6 is 0 Å². The van der Waals surface area contributed by atoms with E-state index in [9.17, 15) is 0 Å². The predicted octanol–water partition coefficient (Wildman–Crippen LogP) is 5.47. The molecule has 1 saturated carbocycles. The molecule has 2 aliphatic heterocycles. The number of fused-ring (bicyclic) bond motifs is 2. The van der Waals surface area contributed by atoms with Crippen molar-refractivity contribution >= 4 is 16.5 Å². The predicted molar refractivity (Wildman–Crippen MR) is 101 cm³/mol. The zero-order valence-corrected chi connectivity index (χ0v) is 14.6. The summed E-state index contributed by atoms with van der Waals surface area (Å²) in [6, 6.07) is 7.97. The van der Waals surface area contributed by atoms with Crippen molar-refractivity contribution in [2.45, 2.75) is 63.3 Å².